The van der Waals surface area contributed by atoms with E-state index >= 15 is 0 Å². The first-order valence-corrected chi connectivity index (χ1v) is 26.7. The second-order valence-corrected chi connectivity index (χ2v) is 18.2. The average molecular weight is 858 g/mol. The third-order valence-electron chi connectivity index (χ3n) is 12.2. The number of allylic oxidation sites excluding steroid dienone is 6. The number of hydrogen-bond acceptors (Lipinski definition) is 5. The monoisotopic (exact) mass is 858 g/mol. The van der Waals surface area contributed by atoms with Crippen molar-refractivity contribution in [2.45, 2.75) is 289 Å². The van der Waals surface area contributed by atoms with Crippen molar-refractivity contribution in [2.75, 3.05) is 13.2 Å². The maximum absolute atomic E-state index is 12.4. The molecule has 0 heterocycles. The van der Waals surface area contributed by atoms with Crippen LogP contribution in [0.4, 0.5) is 0 Å². The van der Waals surface area contributed by atoms with E-state index in [9.17, 15) is 19.8 Å². The Morgan fingerprint density at radius 2 is 0.820 bits per heavy atom. The summed E-state index contributed by atoms with van der Waals surface area (Å²) in [6.07, 6.45) is 61.2. The number of hydrogen-bond donors (Lipinski definition) is 3. The molecular formula is C55H103NO5. The summed E-state index contributed by atoms with van der Waals surface area (Å²) >= 11 is 0. The smallest absolute Gasteiger partial charge is 0.305 e. The normalized spacial score (nSPS) is 12.9. The molecular weight excluding hydrogens is 755 g/mol. The third kappa shape index (κ3) is 47.4. The minimum atomic E-state index is -0.671. The number of aliphatic hydroxyl groups is 2. The van der Waals surface area contributed by atoms with Crippen LogP contribution in [0, 0.1) is 0 Å². The maximum Gasteiger partial charge on any atom is 0.305 e. The summed E-state index contributed by atoms with van der Waals surface area (Å²) in [6.45, 7) is 4.89. The van der Waals surface area contributed by atoms with E-state index in [0.717, 1.165) is 64.2 Å². The molecule has 0 radical (unpaired) electrons. The molecule has 0 saturated carbocycles. The van der Waals surface area contributed by atoms with Crippen LogP contribution in [0.25, 0.3) is 0 Å². The van der Waals surface area contributed by atoms with Crippen LogP contribution in [0.3, 0.4) is 0 Å². The average Bonchev–Trinajstić information content (AvgIpc) is 3.26. The van der Waals surface area contributed by atoms with E-state index in [0.29, 0.717) is 25.9 Å². The largest absolute Gasteiger partial charge is 0.466 e. The van der Waals surface area contributed by atoms with Gasteiger partial charge in [0.2, 0.25) is 5.91 Å². The van der Waals surface area contributed by atoms with Gasteiger partial charge in [0.05, 0.1) is 25.4 Å². The molecule has 0 aliphatic carbocycles. The van der Waals surface area contributed by atoms with Crippen LogP contribution in [-0.4, -0.2) is 47.4 Å². The molecule has 358 valence electrons. The van der Waals surface area contributed by atoms with E-state index in [1.54, 1.807) is 0 Å². The highest BCUT2D eigenvalue weighted by atomic mass is 16.5. The van der Waals surface area contributed by atoms with Crippen LogP contribution < -0.4 is 5.32 Å². The van der Waals surface area contributed by atoms with E-state index in [1.165, 1.54) is 180 Å². The molecule has 0 fully saturated rings. The lowest BCUT2D eigenvalue weighted by Crippen LogP contribution is -2.45. The van der Waals surface area contributed by atoms with Crippen molar-refractivity contribution in [1.29, 1.82) is 0 Å². The number of carbonyl (C=O) groups is 2. The van der Waals surface area contributed by atoms with E-state index in [2.05, 4.69) is 55.6 Å². The molecule has 0 aromatic carbocycles. The van der Waals surface area contributed by atoms with Crippen molar-refractivity contribution < 1.29 is 24.5 Å². The molecule has 0 bridgehead atoms. The van der Waals surface area contributed by atoms with Crippen molar-refractivity contribution in [3.8, 4) is 0 Å². The zero-order chi connectivity index (χ0) is 44.4. The van der Waals surface area contributed by atoms with Gasteiger partial charge in [-0.05, 0) is 83.5 Å². The summed E-state index contributed by atoms with van der Waals surface area (Å²) in [7, 11) is 0. The summed E-state index contributed by atoms with van der Waals surface area (Å²) in [4.78, 5) is 24.4. The fourth-order valence-corrected chi connectivity index (χ4v) is 8.02. The van der Waals surface area contributed by atoms with Gasteiger partial charge < -0.3 is 20.3 Å². The number of aliphatic hydroxyl groups excluding tert-OH is 2. The molecule has 0 rings (SSSR count). The highest BCUT2D eigenvalue weighted by molar-refractivity contribution is 5.76. The quantitative estimate of drug-likeness (QED) is 0.0322. The standard InChI is InChI=1S/C55H103NO5/c1-3-5-7-9-11-13-15-16-17-22-25-29-33-37-41-45-49-55(60)61-50-46-42-38-34-30-26-23-20-18-19-21-24-28-32-36-40-44-48-54(59)56-52(51-57)53(58)47-43-39-35-31-27-14-12-10-8-6-4-2/h13,15,17-18,20,22,52-53,57-58H,3-12,14,16,19,21,23-51H2,1-2H3,(H,56,59)/b15-13-,20-18-,22-17-. The van der Waals surface area contributed by atoms with Crippen molar-refractivity contribution in [3.63, 3.8) is 0 Å². The van der Waals surface area contributed by atoms with Gasteiger partial charge in [-0.3, -0.25) is 9.59 Å². The number of esters is 1. The molecule has 0 aromatic heterocycles. The predicted octanol–water partition coefficient (Wildman–Crippen LogP) is 16.1. The SMILES string of the molecule is CCCCCC/C=C\C/C=C\CCCCCCCC(=O)OCCCCCCCC/C=C\CCCCCCCCCC(=O)NC(CO)C(O)CCCCCCCCCCCCC. The summed E-state index contributed by atoms with van der Waals surface area (Å²) in [5.74, 6) is -0.0650. The van der Waals surface area contributed by atoms with Gasteiger partial charge in [-0.15, -0.1) is 0 Å². The van der Waals surface area contributed by atoms with Gasteiger partial charge in [0.1, 0.15) is 0 Å². The van der Waals surface area contributed by atoms with Crippen LogP contribution in [0.15, 0.2) is 36.5 Å². The van der Waals surface area contributed by atoms with Crippen molar-refractivity contribution in [2.24, 2.45) is 0 Å². The molecule has 2 atom stereocenters. The molecule has 0 saturated heterocycles. The Labute approximate surface area is 379 Å². The number of rotatable bonds is 49. The van der Waals surface area contributed by atoms with Gasteiger partial charge >= 0.3 is 5.97 Å². The number of nitrogens with one attached hydrogen (secondary N) is 1. The summed E-state index contributed by atoms with van der Waals surface area (Å²) in [5.41, 5.74) is 0. The second-order valence-electron chi connectivity index (χ2n) is 18.2. The molecule has 0 aromatic rings. The van der Waals surface area contributed by atoms with Gasteiger partial charge in [-0.25, -0.2) is 0 Å². The Kier molecular flexibility index (Phi) is 49.1. The van der Waals surface area contributed by atoms with Crippen molar-refractivity contribution in [3.05, 3.63) is 36.5 Å². The van der Waals surface area contributed by atoms with Crippen molar-refractivity contribution >= 4 is 11.9 Å². The Hall–Kier alpha value is -1.92. The third-order valence-corrected chi connectivity index (χ3v) is 12.2. The number of unbranched alkanes of at least 4 members (excludes halogenated alkanes) is 32. The molecule has 61 heavy (non-hydrogen) atoms. The Morgan fingerprint density at radius 3 is 1.28 bits per heavy atom. The lowest BCUT2D eigenvalue weighted by Gasteiger charge is -2.22. The first kappa shape index (κ1) is 59.1. The first-order valence-electron chi connectivity index (χ1n) is 26.7. The summed E-state index contributed by atoms with van der Waals surface area (Å²) in [6, 6.07) is -0.550. The molecule has 0 spiro atoms. The molecule has 2 unspecified atom stereocenters. The van der Waals surface area contributed by atoms with Crippen molar-refractivity contribution in [1.82, 2.24) is 5.32 Å². The van der Waals surface area contributed by atoms with Crippen LogP contribution in [0.5, 0.6) is 0 Å². The molecule has 3 N–H and O–H groups in total. The van der Waals surface area contributed by atoms with Crippen LogP contribution in [0.2, 0.25) is 0 Å². The van der Waals surface area contributed by atoms with Gasteiger partial charge in [-0.2, -0.15) is 0 Å². The molecule has 1 amide bonds. The van der Waals surface area contributed by atoms with Gasteiger partial charge in [0.25, 0.3) is 0 Å². The Balaban J connectivity index is 3.46. The lowest BCUT2D eigenvalue weighted by molar-refractivity contribution is -0.143. The maximum atomic E-state index is 12.4. The van der Waals surface area contributed by atoms with Crippen LogP contribution >= 0.6 is 0 Å². The molecule has 0 aliphatic rings. The Morgan fingerprint density at radius 1 is 0.459 bits per heavy atom. The van der Waals surface area contributed by atoms with Gasteiger partial charge in [0, 0.05) is 12.8 Å². The van der Waals surface area contributed by atoms with E-state index in [-0.39, 0.29) is 18.5 Å². The van der Waals surface area contributed by atoms with Crippen LogP contribution in [0.1, 0.15) is 277 Å². The number of ether oxygens (including phenoxy) is 1. The second kappa shape index (κ2) is 50.7. The summed E-state index contributed by atoms with van der Waals surface area (Å²) in [5, 5.41) is 23.1. The zero-order valence-corrected chi connectivity index (χ0v) is 40.6. The minimum absolute atomic E-state index is 0.0158. The highest BCUT2D eigenvalue weighted by Gasteiger charge is 2.20. The van der Waals surface area contributed by atoms with Crippen LogP contribution in [-0.2, 0) is 14.3 Å². The fourth-order valence-electron chi connectivity index (χ4n) is 8.02. The lowest BCUT2D eigenvalue weighted by atomic mass is 10.0. The minimum Gasteiger partial charge on any atom is -0.466 e. The van der Waals surface area contributed by atoms with E-state index < -0.39 is 12.1 Å². The highest BCUT2D eigenvalue weighted by Crippen LogP contribution is 2.15. The fraction of sp³-hybridized carbons (Fsp3) is 0.855. The predicted molar refractivity (Wildman–Crippen MR) is 264 cm³/mol. The molecule has 6 nitrogen and oxygen atoms in total. The summed E-state index contributed by atoms with van der Waals surface area (Å²) < 4.78 is 5.46. The molecule has 6 heteroatoms. The van der Waals surface area contributed by atoms with Gasteiger partial charge in [0.15, 0.2) is 0 Å². The molecule has 0 aliphatic heterocycles. The van der Waals surface area contributed by atoms with Gasteiger partial charge in [-0.1, -0.05) is 217 Å². The number of carbonyl (C=O) groups excluding carboxylic acids is 2. The van der Waals surface area contributed by atoms with E-state index in [4.69, 9.17) is 4.74 Å². The zero-order valence-electron chi connectivity index (χ0n) is 40.6. The topological polar surface area (TPSA) is 95.9 Å². The number of amides is 1. The van der Waals surface area contributed by atoms with E-state index in [1.807, 2.05) is 0 Å². The Bertz CT molecular complexity index is 993. The first-order chi connectivity index (χ1) is 30.0.